The number of ether oxygens (including phenoxy) is 3. The Morgan fingerprint density at radius 1 is 1.03 bits per heavy atom. The fourth-order valence-electron chi connectivity index (χ4n) is 3.02. The molecule has 32 heavy (non-hydrogen) atoms. The van der Waals surface area contributed by atoms with Crippen LogP contribution in [0.25, 0.3) is 0 Å². The first-order valence-electron chi connectivity index (χ1n) is 10.3. The predicted molar refractivity (Wildman–Crippen MR) is 129 cm³/mol. The van der Waals surface area contributed by atoms with E-state index in [1.165, 1.54) is 6.92 Å². The third kappa shape index (κ3) is 7.17. The number of carbonyl (C=O) groups is 1. The Hall–Kier alpha value is -1.66. The Morgan fingerprint density at radius 2 is 1.62 bits per heavy atom. The first-order chi connectivity index (χ1) is 15.1. The summed E-state index contributed by atoms with van der Waals surface area (Å²) in [6.07, 6.45) is -0.440. The van der Waals surface area contributed by atoms with Crippen LogP contribution in [0.4, 0.5) is 0 Å². The van der Waals surface area contributed by atoms with Gasteiger partial charge in [0.1, 0.15) is 25.1 Å². The highest BCUT2D eigenvalue weighted by Crippen LogP contribution is 2.40. The zero-order chi connectivity index (χ0) is 23.9. The molecule has 0 bridgehead atoms. The molecule has 0 unspecified atom stereocenters. The minimum absolute atomic E-state index is 0.0411. The minimum atomic E-state index is -0.600. The van der Waals surface area contributed by atoms with Crippen LogP contribution in [0.1, 0.15) is 45.2 Å². The van der Waals surface area contributed by atoms with Gasteiger partial charge in [-0.2, -0.15) is 0 Å². The average molecular weight is 504 g/mol. The fraction of sp³-hybridized carbons (Fsp3) is 0.458. The molecule has 0 aliphatic carbocycles. The normalized spacial score (nSPS) is 13.4. The summed E-state index contributed by atoms with van der Waals surface area (Å²) in [5.41, 5.74) is 1.55. The lowest BCUT2D eigenvalue weighted by Gasteiger charge is -2.27. The summed E-state index contributed by atoms with van der Waals surface area (Å²) in [6, 6.07) is 11.3. The molecule has 0 aromatic heterocycles. The number of aliphatic hydroxyl groups is 1. The van der Waals surface area contributed by atoms with E-state index in [4.69, 9.17) is 49.0 Å². The number of halogens is 3. The zero-order valence-electron chi connectivity index (χ0n) is 18.7. The van der Waals surface area contributed by atoms with Crippen molar-refractivity contribution in [3.8, 4) is 11.5 Å². The molecular weight excluding hydrogens is 475 g/mol. The molecule has 2 rings (SSSR count). The van der Waals surface area contributed by atoms with Crippen molar-refractivity contribution in [2.45, 2.75) is 51.7 Å². The van der Waals surface area contributed by atoms with Crippen LogP contribution in [-0.2, 0) is 14.9 Å². The van der Waals surface area contributed by atoms with Gasteiger partial charge in [-0.3, -0.25) is 4.79 Å². The summed E-state index contributed by atoms with van der Waals surface area (Å²) in [5, 5.41) is 10.4. The van der Waals surface area contributed by atoms with E-state index >= 15 is 0 Å². The second-order valence-electron chi connectivity index (χ2n) is 7.99. The molecule has 0 saturated carbocycles. The highest BCUT2D eigenvalue weighted by atomic mass is 35.5. The maximum absolute atomic E-state index is 11.1. The van der Waals surface area contributed by atoms with Crippen LogP contribution >= 0.6 is 34.8 Å². The Bertz CT molecular complexity index is 876. The number of benzene rings is 2. The van der Waals surface area contributed by atoms with Crippen molar-refractivity contribution in [3.05, 3.63) is 57.6 Å². The maximum atomic E-state index is 11.1. The smallest absolute Gasteiger partial charge is 0.303 e. The standard InChI is InChI=1S/C24H29Cl3O5/c1-5-18(29)13-30-19-8-6-16(7-9-19)24(3,4)17-10-21(26)23(22(27)11-17)31-14-20(12-25)32-15(2)28/h6-11,18,20,29H,5,12-14H2,1-4H3/t18-,20+/m0/s1. The molecule has 0 radical (unpaired) electrons. The Kier molecular flexibility index (Phi) is 9.96. The number of hydrogen-bond acceptors (Lipinski definition) is 5. The molecule has 0 amide bonds. The lowest BCUT2D eigenvalue weighted by Crippen LogP contribution is -2.26. The Balaban J connectivity index is 2.17. The van der Waals surface area contributed by atoms with E-state index in [0.29, 0.717) is 28.0 Å². The Morgan fingerprint density at radius 3 is 2.12 bits per heavy atom. The van der Waals surface area contributed by atoms with E-state index in [0.717, 1.165) is 11.1 Å². The molecule has 0 heterocycles. The van der Waals surface area contributed by atoms with E-state index in [9.17, 15) is 9.90 Å². The monoisotopic (exact) mass is 502 g/mol. The van der Waals surface area contributed by atoms with Gasteiger partial charge in [0.05, 0.1) is 22.0 Å². The topological polar surface area (TPSA) is 65.0 Å². The van der Waals surface area contributed by atoms with Gasteiger partial charge in [-0.15, -0.1) is 11.6 Å². The van der Waals surface area contributed by atoms with E-state index in [1.54, 1.807) is 0 Å². The van der Waals surface area contributed by atoms with Gasteiger partial charge in [0.2, 0.25) is 0 Å². The second kappa shape index (κ2) is 12.0. The summed E-state index contributed by atoms with van der Waals surface area (Å²) in [5.74, 6) is 0.662. The predicted octanol–water partition coefficient (Wildman–Crippen LogP) is 6.02. The molecule has 1 N–H and O–H groups in total. The van der Waals surface area contributed by atoms with Gasteiger partial charge in [0.15, 0.2) is 5.75 Å². The third-order valence-electron chi connectivity index (χ3n) is 5.13. The molecule has 0 spiro atoms. The number of esters is 1. The molecule has 5 nitrogen and oxygen atoms in total. The summed E-state index contributed by atoms with van der Waals surface area (Å²) >= 11 is 18.8. The SMILES string of the molecule is CC[C@H](O)COc1ccc(C(C)(C)c2cc(Cl)c(OC[C@@H](CCl)OC(C)=O)c(Cl)c2)cc1. The number of alkyl halides is 1. The molecule has 2 aromatic rings. The van der Waals surface area contributed by atoms with Crippen molar-refractivity contribution < 1.29 is 24.1 Å². The number of rotatable bonds is 11. The van der Waals surface area contributed by atoms with E-state index in [1.807, 2.05) is 43.3 Å². The van der Waals surface area contributed by atoms with Crippen LogP contribution in [0, 0.1) is 0 Å². The van der Waals surface area contributed by atoms with Crippen molar-refractivity contribution >= 4 is 40.8 Å². The van der Waals surface area contributed by atoms with Crippen LogP contribution in [0.3, 0.4) is 0 Å². The van der Waals surface area contributed by atoms with Crippen molar-refractivity contribution in [3.63, 3.8) is 0 Å². The van der Waals surface area contributed by atoms with E-state index in [-0.39, 0.29) is 19.1 Å². The summed E-state index contributed by atoms with van der Waals surface area (Å²) in [4.78, 5) is 11.1. The molecule has 0 saturated heterocycles. The van der Waals surface area contributed by atoms with Crippen molar-refractivity contribution in [1.29, 1.82) is 0 Å². The first-order valence-corrected chi connectivity index (χ1v) is 11.6. The van der Waals surface area contributed by atoms with Gasteiger partial charge in [-0.05, 0) is 41.8 Å². The van der Waals surface area contributed by atoms with Gasteiger partial charge < -0.3 is 19.3 Å². The van der Waals surface area contributed by atoms with Gasteiger partial charge in [0.25, 0.3) is 0 Å². The number of hydrogen-bond donors (Lipinski definition) is 1. The minimum Gasteiger partial charge on any atom is -0.491 e. The summed E-state index contributed by atoms with van der Waals surface area (Å²) in [6.45, 7) is 7.65. The van der Waals surface area contributed by atoms with Gasteiger partial charge in [-0.1, -0.05) is 56.1 Å². The third-order valence-corrected chi connectivity index (χ3v) is 6.03. The lowest BCUT2D eigenvalue weighted by atomic mass is 9.78. The molecule has 0 aliphatic heterocycles. The molecular formula is C24H29Cl3O5. The van der Waals surface area contributed by atoms with Gasteiger partial charge in [0, 0.05) is 12.3 Å². The van der Waals surface area contributed by atoms with Crippen LogP contribution in [0.15, 0.2) is 36.4 Å². The van der Waals surface area contributed by atoms with Crippen molar-refractivity contribution in [2.24, 2.45) is 0 Å². The summed E-state index contributed by atoms with van der Waals surface area (Å²) < 4.78 is 16.4. The van der Waals surface area contributed by atoms with Gasteiger partial charge in [-0.25, -0.2) is 0 Å². The number of carbonyl (C=O) groups excluding carboxylic acids is 1. The number of aliphatic hydroxyl groups excluding tert-OH is 1. The quantitative estimate of drug-likeness (QED) is 0.300. The van der Waals surface area contributed by atoms with Crippen molar-refractivity contribution in [2.75, 3.05) is 19.1 Å². The highest BCUT2D eigenvalue weighted by Gasteiger charge is 2.26. The molecule has 0 aliphatic rings. The molecule has 176 valence electrons. The van der Waals surface area contributed by atoms with E-state index < -0.39 is 23.6 Å². The van der Waals surface area contributed by atoms with Crippen molar-refractivity contribution in [1.82, 2.24) is 0 Å². The van der Waals surface area contributed by atoms with Crippen LogP contribution in [-0.4, -0.2) is 42.4 Å². The fourth-order valence-corrected chi connectivity index (χ4v) is 3.77. The van der Waals surface area contributed by atoms with Gasteiger partial charge >= 0.3 is 5.97 Å². The van der Waals surface area contributed by atoms with Crippen LogP contribution in [0.2, 0.25) is 10.0 Å². The lowest BCUT2D eigenvalue weighted by molar-refractivity contribution is -0.146. The van der Waals surface area contributed by atoms with E-state index in [2.05, 4.69) is 13.8 Å². The Labute approximate surface area is 204 Å². The molecule has 8 heteroatoms. The highest BCUT2D eigenvalue weighted by molar-refractivity contribution is 6.37. The zero-order valence-corrected chi connectivity index (χ0v) is 20.9. The molecule has 2 atom stereocenters. The summed E-state index contributed by atoms with van der Waals surface area (Å²) in [7, 11) is 0. The maximum Gasteiger partial charge on any atom is 0.303 e. The molecule has 2 aromatic carbocycles. The van der Waals surface area contributed by atoms with Crippen LogP contribution < -0.4 is 9.47 Å². The van der Waals surface area contributed by atoms with Crippen LogP contribution in [0.5, 0.6) is 11.5 Å². The largest absolute Gasteiger partial charge is 0.491 e. The molecule has 0 fully saturated rings. The first kappa shape index (κ1) is 26.6. The average Bonchev–Trinajstić information content (AvgIpc) is 2.75. The second-order valence-corrected chi connectivity index (χ2v) is 9.11.